The Bertz CT molecular complexity index is 700. The quantitative estimate of drug-likeness (QED) is 0.909. The van der Waals surface area contributed by atoms with E-state index in [1.54, 1.807) is 0 Å². The summed E-state index contributed by atoms with van der Waals surface area (Å²) in [5.74, 6) is 0.811. The van der Waals surface area contributed by atoms with Gasteiger partial charge in [-0.1, -0.05) is 6.07 Å². The van der Waals surface area contributed by atoms with Gasteiger partial charge in [-0.25, -0.2) is 0 Å². The van der Waals surface area contributed by atoms with Crippen molar-refractivity contribution in [2.75, 3.05) is 13.1 Å². The van der Waals surface area contributed by atoms with E-state index < -0.39 is 0 Å². The maximum absolute atomic E-state index is 12.6. The average molecular weight is 340 g/mol. The second-order valence-corrected chi connectivity index (χ2v) is 7.27. The van der Waals surface area contributed by atoms with Crippen LogP contribution in [0.2, 0.25) is 0 Å². The number of hydrogen-bond donors (Lipinski definition) is 1. The second kappa shape index (κ2) is 7.81. The highest BCUT2D eigenvalue weighted by Crippen LogP contribution is 2.22. The summed E-state index contributed by atoms with van der Waals surface area (Å²) >= 11 is 0. The molecular formula is C20H28N4O. The number of hydrogen-bond acceptors (Lipinski definition) is 3. The van der Waals surface area contributed by atoms with Gasteiger partial charge in [0.15, 0.2) is 0 Å². The number of H-pyrrole nitrogens is 1. The van der Waals surface area contributed by atoms with Gasteiger partial charge in [-0.05, 0) is 69.6 Å². The van der Waals surface area contributed by atoms with Crippen molar-refractivity contribution < 1.29 is 4.79 Å². The van der Waals surface area contributed by atoms with Crippen LogP contribution in [0.1, 0.15) is 47.5 Å². The van der Waals surface area contributed by atoms with Crippen LogP contribution in [0.25, 0.3) is 0 Å². The van der Waals surface area contributed by atoms with E-state index in [2.05, 4.69) is 32.2 Å². The lowest BCUT2D eigenvalue weighted by molar-refractivity contribution is -0.132. The highest BCUT2D eigenvalue weighted by atomic mass is 16.2. The molecule has 1 atom stereocenters. The molecule has 0 saturated carbocycles. The lowest BCUT2D eigenvalue weighted by Crippen LogP contribution is -2.40. The van der Waals surface area contributed by atoms with E-state index >= 15 is 0 Å². The van der Waals surface area contributed by atoms with E-state index in [0.717, 1.165) is 49.4 Å². The molecule has 5 heteroatoms. The van der Waals surface area contributed by atoms with E-state index in [1.807, 2.05) is 27.0 Å². The molecule has 0 radical (unpaired) electrons. The molecule has 0 aliphatic carbocycles. The fraction of sp³-hybridized carbons (Fsp3) is 0.550. The average Bonchev–Trinajstić information content (AvgIpc) is 2.93. The number of likely N-dealkylation sites (tertiary alicyclic amines) is 1. The van der Waals surface area contributed by atoms with Crippen molar-refractivity contribution in [3.8, 4) is 0 Å². The third kappa shape index (κ3) is 4.47. The molecule has 1 fully saturated rings. The topological polar surface area (TPSA) is 61.9 Å². The van der Waals surface area contributed by atoms with E-state index in [-0.39, 0.29) is 5.91 Å². The Hall–Kier alpha value is -2.17. The molecule has 0 spiro atoms. The van der Waals surface area contributed by atoms with Crippen LogP contribution in [0.5, 0.6) is 0 Å². The minimum Gasteiger partial charge on any atom is -0.342 e. The molecule has 1 unspecified atom stereocenters. The van der Waals surface area contributed by atoms with Crippen LogP contribution in [0, 0.1) is 26.7 Å². The lowest BCUT2D eigenvalue weighted by Gasteiger charge is -2.33. The van der Waals surface area contributed by atoms with Crippen molar-refractivity contribution in [1.82, 2.24) is 20.1 Å². The molecule has 25 heavy (non-hydrogen) atoms. The van der Waals surface area contributed by atoms with Crippen LogP contribution in [0.15, 0.2) is 18.3 Å². The Morgan fingerprint density at radius 1 is 1.32 bits per heavy atom. The van der Waals surface area contributed by atoms with Gasteiger partial charge in [-0.3, -0.25) is 14.9 Å². The van der Waals surface area contributed by atoms with Crippen molar-refractivity contribution in [2.45, 2.75) is 52.9 Å². The molecule has 0 bridgehead atoms. The van der Waals surface area contributed by atoms with Crippen LogP contribution in [-0.2, 0) is 17.6 Å². The molecule has 1 saturated heterocycles. The fourth-order valence-electron chi connectivity index (χ4n) is 3.74. The summed E-state index contributed by atoms with van der Waals surface area (Å²) in [6.45, 7) is 7.79. The smallest absolute Gasteiger partial charge is 0.222 e. The number of aromatic nitrogens is 3. The fourth-order valence-corrected chi connectivity index (χ4v) is 3.74. The highest BCUT2D eigenvalue weighted by molar-refractivity contribution is 5.76. The van der Waals surface area contributed by atoms with Crippen molar-refractivity contribution in [3.63, 3.8) is 0 Å². The van der Waals surface area contributed by atoms with E-state index in [9.17, 15) is 4.79 Å². The van der Waals surface area contributed by atoms with Crippen molar-refractivity contribution in [3.05, 3.63) is 46.5 Å². The summed E-state index contributed by atoms with van der Waals surface area (Å²) in [4.78, 5) is 19.1. The molecule has 1 amide bonds. The van der Waals surface area contributed by atoms with E-state index in [0.29, 0.717) is 12.3 Å². The Morgan fingerprint density at radius 2 is 2.16 bits per heavy atom. The molecule has 1 N–H and O–H groups in total. The molecule has 1 aliphatic rings. The van der Waals surface area contributed by atoms with Crippen molar-refractivity contribution in [1.29, 1.82) is 0 Å². The highest BCUT2D eigenvalue weighted by Gasteiger charge is 2.24. The van der Waals surface area contributed by atoms with Gasteiger partial charge >= 0.3 is 0 Å². The predicted molar refractivity (Wildman–Crippen MR) is 98.4 cm³/mol. The number of piperidine rings is 1. The molecular weight excluding hydrogens is 312 g/mol. The number of nitrogens with one attached hydrogen (secondary N) is 1. The molecule has 0 aromatic carbocycles. The summed E-state index contributed by atoms with van der Waals surface area (Å²) < 4.78 is 0. The number of nitrogens with zero attached hydrogens (tertiary/aromatic N) is 3. The number of aromatic amines is 1. The van der Waals surface area contributed by atoms with Crippen LogP contribution < -0.4 is 0 Å². The van der Waals surface area contributed by atoms with E-state index in [1.165, 1.54) is 17.5 Å². The number of aryl methyl sites for hydroxylation is 3. The lowest BCUT2D eigenvalue weighted by atomic mass is 9.91. The molecule has 2 aromatic heterocycles. The largest absolute Gasteiger partial charge is 0.342 e. The first-order valence-corrected chi connectivity index (χ1v) is 9.22. The van der Waals surface area contributed by atoms with Crippen LogP contribution in [0.4, 0.5) is 0 Å². The van der Waals surface area contributed by atoms with E-state index in [4.69, 9.17) is 0 Å². The summed E-state index contributed by atoms with van der Waals surface area (Å²) in [6.07, 6.45) is 6.62. The minimum absolute atomic E-state index is 0.270. The zero-order chi connectivity index (χ0) is 17.8. The van der Waals surface area contributed by atoms with Gasteiger partial charge < -0.3 is 4.90 Å². The minimum atomic E-state index is 0.270. The third-order valence-electron chi connectivity index (χ3n) is 5.24. The zero-order valence-electron chi connectivity index (χ0n) is 15.5. The molecule has 3 rings (SSSR count). The molecule has 3 heterocycles. The predicted octanol–water partition coefficient (Wildman–Crippen LogP) is 3.14. The standard InChI is InChI=1S/C20H28N4O/c1-14-6-7-17(12-21-14)11-18-5-4-10-24(13-18)20(25)9-8-19-15(2)22-23-16(19)3/h6-7,12,18H,4-5,8-11,13H2,1-3H3,(H,22,23). The molecule has 1 aliphatic heterocycles. The SMILES string of the molecule is Cc1ccc(CC2CCCN(C(=O)CCc3c(C)n[nH]c3C)C2)cn1. The summed E-state index contributed by atoms with van der Waals surface area (Å²) in [6, 6.07) is 4.23. The number of rotatable bonds is 5. The number of pyridine rings is 1. The van der Waals surface area contributed by atoms with Gasteiger partial charge in [0.05, 0.1) is 5.69 Å². The van der Waals surface area contributed by atoms with Gasteiger partial charge in [0.2, 0.25) is 5.91 Å². The second-order valence-electron chi connectivity index (χ2n) is 7.27. The Labute approximate surface area is 149 Å². The van der Waals surface area contributed by atoms with Crippen LogP contribution in [-0.4, -0.2) is 39.1 Å². The van der Waals surface area contributed by atoms with Crippen LogP contribution in [0.3, 0.4) is 0 Å². The molecule has 5 nitrogen and oxygen atoms in total. The first kappa shape index (κ1) is 17.6. The van der Waals surface area contributed by atoms with Gasteiger partial charge in [-0.2, -0.15) is 5.10 Å². The summed E-state index contributed by atoms with van der Waals surface area (Å²) in [5.41, 5.74) is 5.60. The van der Waals surface area contributed by atoms with Gasteiger partial charge in [-0.15, -0.1) is 0 Å². The van der Waals surface area contributed by atoms with Gasteiger partial charge in [0, 0.05) is 37.1 Å². The number of amides is 1. The third-order valence-corrected chi connectivity index (χ3v) is 5.24. The van der Waals surface area contributed by atoms with Crippen LogP contribution >= 0.6 is 0 Å². The van der Waals surface area contributed by atoms with Crippen molar-refractivity contribution in [2.24, 2.45) is 5.92 Å². The first-order chi connectivity index (χ1) is 12.0. The first-order valence-electron chi connectivity index (χ1n) is 9.22. The maximum atomic E-state index is 12.6. The molecule has 2 aromatic rings. The number of carbonyl (C=O) groups excluding carboxylic acids is 1. The Balaban J connectivity index is 1.53. The van der Waals surface area contributed by atoms with Gasteiger partial charge in [0.25, 0.3) is 0 Å². The summed E-state index contributed by atoms with van der Waals surface area (Å²) in [7, 11) is 0. The Morgan fingerprint density at radius 3 is 2.84 bits per heavy atom. The zero-order valence-corrected chi connectivity index (χ0v) is 15.5. The summed E-state index contributed by atoms with van der Waals surface area (Å²) in [5, 5.41) is 7.21. The molecule has 134 valence electrons. The maximum Gasteiger partial charge on any atom is 0.222 e. The monoisotopic (exact) mass is 340 g/mol. The normalized spacial score (nSPS) is 17.7. The van der Waals surface area contributed by atoms with Gasteiger partial charge in [0.1, 0.15) is 0 Å². The van der Waals surface area contributed by atoms with Crippen molar-refractivity contribution >= 4 is 5.91 Å². The number of carbonyl (C=O) groups is 1. The Kier molecular flexibility index (Phi) is 5.51.